The molecule has 0 saturated heterocycles. The number of aromatic nitrogens is 2. The molecule has 0 spiro atoms. The van der Waals surface area contributed by atoms with Crippen molar-refractivity contribution in [1.82, 2.24) is 9.55 Å². The Morgan fingerprint density at radius 3 is 2.92 bits per heavy atom. The highest BCUT2D eigenvalue weighted by atomic mass is 16.3. The Morgan fingerprint density at radius 1 is 1.75 bits per heavy atom. The smallest absolute Gasteiger partial charge is 0.255 e. The molecule has 5 heteroatoms. The van der Waals surface area contributed by atoms with Gasteiger partial charge < -0.3 is 10.8 Å². The fourth-order valence-electron chi connectivity index (χ4n) is 0.968. The predicted octanol–water partition coefficient (Wildman–Crippen LogP) is -0.874. The van der Waals surface area contributed by atoms with Crippen molar-refractivity contribution in [3.05, 3.63) is 22.1 Å². The fraction of sp³-hybridized carbons (Fsp3) is 0.429. The van der Waals surface area contributed by atoms with E-state index < -0.39 is 0 Å². The number of hydrogen-bond acceptors (Lipinski definition) is 4. The Hall–Kier alpha value is -1.36. The van der Waals surface area contributed by atoms with Crippen LogP contribution in [0.4, 0.5) is 5.95 Å². The van der Waals surface area contributed by atoms with Crippen molar-refractivity contribution in [1.29, 1.82) is 0 Å². The Bertz CT molecular complexity index is 332. The van der Waals surface area contributed by atoms with Gasteiger partial charge in [0.2, 0.25) is 5.95 Å². The molecule has 0 aliphatic rings. The van der Waals surface area contributed by atoms with Gasteiger partial charge in [0, 0.05) is 11.8 Å². The minimum Gasteiger partial charge on any atom is -0.395 e. The molecule has 1 rings (SSSR count). The van der Waals surface area contributed by atoms with Crippen molar-refractivity contribution in [2.45, 2.75) is 13.5 Å². The summed E-state index contributed by atoms with van der Waals surface area (Å²) in [6, 6.07) is 1.38. The molecule has 0 amide bonds. The molecule has 3 N–H and O–H groups in total. The van der Waals surface area contributed by atoms with Crippen molar-refractivity contribution in [3.8, 4) is 0 Å². The normalized spacial score (nSPS) is 10.2. The summed E-state index contributed by atoms with van der Waals surface area (Å²) in [6.07, 6.45) is 0. The van der Waals surface area contributed by atoms with Crippen molar-refractivity contribution in [2.24, 2.45) is 0 Å². The number of aliphatic hydroxyl groups is 1. The van der Waals surface area contributed by atoms with Gasteiger partial charge in [0.15, 0.2) is 0 Å². The molecule has 0 aliphatic carbocycles. The lowest BCUT2D eigenvalue weighted by Crippen LogP contribution is -2.25. The monoisotopic (exact) mass is 169 g/mol. The van der Waals surface area contributed by atoms with Crippen molar-refractivity contribution in [2.75, 3.05) is 12.3 Å². The Labute approximate surface area is 69.5 Å². The highest BCUT2D eigenvalue weighted by molar-refractivity contribution is 5.19. The second-order valence-corrected chi connectivity index (χ2v) is 2.47. The first-order valence-electron chi connectivity index (χ1n) is 3.60. The summed E-state index contributed by atoms with van der Waals surface area (Å²) in [5.74, 6) is 0.147. The zero-order chi connectivity index (χ0) is 9.14. The van der Waals surface area contributed by atoms with E-state index in [1.54, 1.807) is 6.92 Å². The number of rotatable bonds is 2. The van der Waals surface area contributed by atoms with Crippen molar-refractivity contribution in [3.63, 3.8) is 0 Å². The standard InChI is InChI=1S/C7H11N3O2/c1-5-4-6(12)10(2-3-11)7(8)9-5/h4,11H,2-3H2,1H3,(H2,8,9). The van der Waals surface area contributed by atoms with Crippen LogP contribution in [0.3, 0.4) is 0 Å². The quantitative estimate of drug-likeness (QED) is 0.602. The number of nitrogen functional groups attached to an aromatic ring is 1. The number of nitrogens with two attached hydrogens (primary N) is 1. The lowest BCUT2D eigenvalue weighted by molar-refractivity contribution is 0.274. The molecule has 66 valence electrons. The van der Waals surface area contributed by atoms with Gasteiger partial charge in [-0.05, 0) is 6.92 Å². The molecule has 1 aromatic rings. The Balaban J connectivity index is 3.19. The van der Waals surface area contributed by atoms with Crippen LogP contribution in [0.1, 0.15) is 5.69 Å². The Kier molecular flexibility index (Phi) is 2.44. The third-order valence-corrected chi connectivity index (χ3v) is 1.49. The van der Waals surface area contributed by atoms with E-state index in [2.05, 4.69) is 4.98 Å². The maximum Gasteiger partial charge on any atom is 0.255 e. The van der Waals surface area contributed by atoms with Gasteiger partial charge in [-0.15, -0.1) is 0 Å². The SMILES string of the molecule is Cc1cc(=O)n(CCO)c(N)n1. The van der Waals surface area contributed by atoms with Crippen LogP contribution in [0.5, 0.6) is 0 Å². The molecule has 0 saturated carbocycles. The molecule has 0 fully saturated rings. The average Bonchev–Trinajstić information content (AvgIpc) is 1.96. The molecule has 12 heavy (non-hydrogen) atoms. The molecular formula is C7H11N3O2. The van der Waals surface area contributed by atoms with E-state index in [0.717, 1.165) is 0 Å². The fourth-order valence-corrected chi connectivity index (χ4v) is 0.968. The van der Waals surface area contributed by atoms with Gasteiger partial charge in [-0.2, -0.15) is 0 Å². The van der Waals surface area contributed by atoms with Crippen LogP contribution in [0, 0.1) is 6.92 Å². The van der Waals surface area contributed by atoms with Gasteiger partial charge in [-0.1, -0.05) is 0 Å². The van der Waals surface area contributed by atoms with Crippen LogP contribution in [0.2, 0.25) is 0 Å². The summed E-state index contributed by atoms with van der Waals surface area (Å²) in [6.45, 7) is 1.77. The van der Waals surface area contributed by atoms with Crippen LogP contribution in [0.15, 0.2) is 10.9 Å². The van der Waals surface area contributed by atoms with Crippen LogP contribution in [-0.2, 0) is 6.54 Å². The third-order valence-electron chi connectivity index (χ3n) is 1.49. The Morgan fingerprint density at radius 2 is 2.42 bits per heavy atom. The van der Waals surface area contributed by atoms with Gasteiger partial charge in [0.1, 0.15) is 0 Å². The second-order valence-electron chi connectivity index (χ2n) is 2.47. The summed E-state index contributed by atoms with van der Waals surface area (Å²) in [4.78, 5) is 15.1. The molecule has 5 nitrogen and oxygen atoms in total. The minimum atomic E-state index is -0.228. The zero-order valence-corrected chi connectivity index (χ0v) is 6.82. The van der Waals surface area contributed by atoms with Gasteiger partial charge in [0.25, 0.3) is 5.56 Å². The maximum atomic E-state index is 11.2. The largest absolute Gasteiger partial charge is 0.395 e. The van der Waals surface area contributed by atoms with Gasteiger partial charge >= 0.3 is 0 Å². The molecule has 0 bridgehead atoms. The van der Waals surface area contributed by atoms with Crippen LogP contribution >= 0.6 is 0 Å². The van der Waals surface area contributed by atoms with Gasteiger partial charge in [-0.3, -0.25) is 9.36 Å². The van der Waals surface area contributed by atoms with Crippen LogP contribution < -0.4 is 11.3 Å². The van der Waals surface area contributed by atoms with Crippen LogP contribution in [0.25, 0.3) is 0 Å². The number of hydrogen-bond donors (Lipinski definition) is 2. The first-order valence-corrected chi connectivity index (χ1v) is 3.60. The molecule has 0 unspecified atom stereocenters. The van der Waals surface area contributed by atoms with Crippen molar-refractivity contribution >= 4 is 5.95 Å². The van der Waals surface area contributed by atoms with E-state index >= 15 is 0 Å². The molecule has 0 atom stereocenters. The summed E-state index contributed by atoms with van der Waals surface area (Å²) < 4.78 is 1.23. The van der Waals surface area contributed by atoms with E-state index in [-0.39, 0.29) is 24.7 Å². The molecule has 0 radical (unpaired) electrons. The summed E-state index contributed by atoms with van der Waals surface area (Å²) in [5.41, 5.74) is 5.81. The predicted molar refractivity (Wildman–Crippen MR) is 44.7 cm³/mol. The van der Waals surface area contributed by atoms with E-state index in [9.17, 15) is 4.79 Å². The number of aliphatic hydroxyl groups excluding tert-OH is 1. The van der Waals surface area contributed by atoms with E-state index in [0.29, 0.717) is 5.69 Å². The maximum absolute atomic E-state index is 11.2. The van der Waals surface area contributed by atoms with Gasteiger partial charge in [0.05, 0.1) is 13.2 Å². The summed E-state index contributed by atoms with van der Waals surface area (Å²) in [5, 5.41) is 8.59. The number of nitrogens with zero attached hydrogens (tertiary/aromatic N) is 2. The molecule has 0 aliphatic heterocycles. The number of aryl methyl sites for hydroxylation is 1. The van der Waals surface area contributed by atoms with Crippen LogP contribution in [-0.4, -0.2) is 21.3 Å². The topological polar surface area (TPSA) is 81.1 Å². The van der Waals surface area contributed by atoms with Gasteiger partial charge in [-0.25, -0.2) is 4.98 Å². The lowest BCUT2D eigenvalue weighted by Gasteiger charge is -2.06. The van der Waals surface area contributed by atoms with Crippen molar-refractivity contribution < 1.29 is 5.11 Å². The first-order chi connectivity index (χ1) is 5.65. The van der Waals surface area contributed by atoms with E-state index in [4.69, 9.17) is 10.8 Å². The van der Waals surface area contributed by atoms with E-state index in [1.807, 2.05) is 0 Å². The highest BCUT2D eigenvalue weighted by Crippen LogP contribution is 1.94. The molecule has 1 aromatic heterocycles. The van der Waals surface area contributed by atoms with E-state index in [1.165, 1.54) is 10.6 Å². The number of anilines is 1. The lowest BCUT2D eigenvalue weighted by atomic mass is 10.4. The summed E-state index contributed by atoms with van der Waals surface area (Å²) >= 11 is 0. The average molecular weight is 169 g/mol. The summed E-state index contributed by atoms with van der Waals surface area (Å²) in [7, 11) is 0. The molecular weight excluding hydrogens is 158 g/mol. The zero-order valence-electron chi connectivity index (χ0n) is 6.82. The first kappa shape index (κ1) is 8.73. The minimum absolute atomic E-state index is 0.116. The molecule has 0 aromatic carbocycles. The molecule has 1 heterocycles. The third kappa shape index (κ3) is 1.62. The highest BCUT2D eigenvalue weighted by Gasteiger charge is 2.01. The second kappa shape index (κ2) is 3.36.